The van der Waals surface area contributed by atoms with Crippen molar-refractivity contribution >= 4 is 12.3 Å². The van der Waals surface area contributed by atoms with Crippen LogP contribution in [0, 0.1) is 0 Å². The number of benzene rings is 2. The van der Waals surface area contributed by atoms with Gasteiger partial charge in [0.2, 0.25) is 0 Å². The predicted octanol–water partition coefficient (Wildman–Crippen LogP) is 2.28. The molecule has 0 aliphatic carbocycles. The van der Waals surface area contributed by atoms with Gasteiger partial charge in [-0.25, -0.2) is 4.79 Å². The molecule has 2 aromatic carbocycles. The van der Waals surface area contributed by atoms with Crippen molar-refractivity contribution in [2.24, 2.45) is 0 Å². The molecule has 0 spiro atoms. The molecular weight excluding hydrogens is 260 g/mol. The lowest BCUT2D eigenvalue weighted by Crippen LogP contribution is -2.11. The van der Waals surface area contributed by atoms with Crippen LogP contribution >= 0.6 is 0 Å². The molecule has 0 aromatic heterocycles. The zero-order valence-electron chi connectivity index (χ0n) is 10.5. The fraction of sp³-hybridized carbons (Fsp3) is 0.0667. The topological polar surface area (TPSA) is 72.8 Å². The first-order valence-corrected chi connectivity index (χ1v) is 5.88. The largest absolute Gasteiger partial charge is 0.508 e. The van der Waals surface area contributed by atoms with E-state index in [1.54, 1.807) is 12.1 Å². The van der Waals surface area contributed by atoms with Crippen LogP contribution in [0.1, 0.15) is 15.9 Å². The van der Waals surface area contributed by atoms with E-state index >= 15 is 0 Å². The number of carbonyl (C=O) groups is 2. The minimum Gasteiger partial charge on any atom is -0.508 e. The minimum atomic E-state index is -0.601. The molecule has 0 aliphatic rings. The molecule has 0 aliphatic heterocycles. The Labute approximate surface area is 115 Å². The summed E-state index contributed by atoms with van der Waals surface area (Å²) in [5.41, 5.74) is 0.961. The second kappa shape index (κ2) is 6.38. The molecule has 0 saturated carbocycles. The van der Waals surface area contributed by atoms with E-state index < -0.39 is 5.97 Å². The van der Waals surface area contributed by atoms with Crippen LogP contribution in [0.2, 0.25) is 0 Å². The van der Waals surface area contributed by atoms with E-state index in [2.05, 4.69) is 4.89 Å². The number of aldehydes is 1. The van der Waals surface area contributed by atoms with Crippen molar-refractivity contribution in [3.05, 3.63) is 59.7 Å². The predicted molar refractivity (Wildman–Crippen MR) is 70.4 cm³/mol. The van der Waals surface area contributed by atoms with Crippen molar-refractivity contribution in [3.8, 4) is 11.5 Å². The van der Waals surface area contributed by atoms with Gasteiger partial charge >= 0.3 is 5.97 Å². The second-order valence-electron chi connectivity index (χ2n) is 4.04. The molecule has 20 heavy (non-hydrogen) atoms. The first-order chi connectivity index (χ1) is 9.69. The number of hydrogen-bond donors (Lipinski definition) is 1. The molecule has 102 valence electrons. The Morgan fingerprint density at radius 2 is 1.90 bits per heavy atom. The average Bonchev–Trinajstić information content (AvgIpc) is 2.46. The summed E-state index contributed by atoms with van der Waals surface area (Å²) >= 11 is 0. The van der Waals surface area contributed by atoms with Gasteiger partial charge in [-0.15, -0.1) is 0 Å². The number of rotatable bonds is 5. The lowest BCUT2D eigenvalue weighted by atomic mass is 10.2. The average molecular weight is 272 g/mol. The lowest BCUT2D eigenvalue weighted by molar-refractivity contribution is -0.213. The normalized spacial score (nSPS) is 9.80. The highest BCUT2D eigenvalue weighted by atomic mass is 17.2. The number of phenolic OH excluding ortho intramolecular Hbond substituents is 1. The highest BCUT2D eigenvalue weighted by Gasteiger charge is 2.10. The molecule has 1 N–H and O–H groups in total. The van der Waals surface area contributed by atoms with Crippen LogP contribution in [0.4, 0.5) is 0 Å². The Balaban J connectivity index is 1.97. The zero-order valence-corrected chi connectivity index (χ0v) is 10.5. The van der Waals surface area contributed by atoms with Gasteiger partial charge in [0.05, 0.1) is 12.0 Å². The van der Waals surface area contributed by atoms with Crippen LogP contribution in [-0.2, 0) is 16.1 Å². The van der Waals surface area contributed by atoms with Crippen LogP contribution in [0.5, 0.6) is 11.5 Å². The third-order valence-electron chi connectivity index (χ3n) is 2.54. The molecule has 0 amide bonds. The maximum absolute atomic E-state index is 11.6. The quantitative estimate of drug-likeness (QED) is 0.513. The number of hydrogen-bond acceptors (Lipinski definition) is 5. The van der Waals surface area contributed by atoms with Gasteiger partial charge in [-0.05, 0) is 17.7 Å². The fourth-order valence-electron chi connectivity index (χ4n) is 1.58. The molecule has 2 aromatic rings. The van der Waals surface area contributed by atoms with Crippen LogP contribution < -0.4 is 4.89 Å². The standard InChI is InChI=1S/C15H12O5/c16-10-12-6-7-13(17)9-14(12)19-20-15(18)8-11-4-2-1-3-5-11/h1-7,9-10,17H,8H2. The number of aromatic hydroxyl groups is 1. The molecule has 0 saturated heterocycles. The highest BCUT2D eigenvalue weighted by molar-refractivity contribution is 5.80. The summed E-state index contributed by atoms with van der Waals surface area (Å²) in [6, 6.07) is 12.9. The third kappa shape index (κ3) is 3.58. The van der Waals surface area contributed by atoms with Gasteiger partial charge in [-0.1, -0.05) is 30.3 Å². The molecule has 0 fully saturated rings. The van der Waals surface area contributed by atoms with Crippen molar-refractivity contribution in [1.82, 2.24) is 0 Å². The summed E-state index contributed by atoms with van der Waals surface area (Å²) in [5, 5.41) is 9.30. The van der Waals surface area contributed by atoms with Crippen molar-refractivity contribution < 1.29 is 24.5 Å². The lowest BCUT2D eigenvalue weighted by Gasteiger charge is -2.06. The van der Waals surface area contributed by atoms with Gasteiger partial charge in [-0.2, -0.15) is 0 Å². The monoisotopic (exact) mass is 272 g/mol. The molecule has 5 nitrogen and oxygen atoms in total. The zero-order chi connectivity index (χ0) is 14.4. The Morgan fingerprint density at radius 3 is 2.60 bits per heavy atom. The van der Waals surface area contributed by atoms with Gasteiger partial charge in [0.15, 0.2) is 12.0 Å². The first-order valence-electron chi connectivity index (χ1n) is 5.88. The molecule has 0 bridgehead atoms. The molecular formula is C15H12O5. The summed E-state index contributed by atoms with van der Waals surface area (Å²) in [4.78, 5) is 31.8. The summed E-state index contributed by atoms with van der Waals surface area (Å²) in [7, 11) is 0. The first kappa shape index (κ1) is 13.6. The van der Waals surface area contributed by atoms with E-state index in [-0.39, 0.29) is 23.5 Å². The van der Waals surface area contributed by atoms with Gasteiger partial charge < -0.3 is 5.11 Å². The summed E-state index contributed by atoms with van der Waals surface area (Å²) in [5.74, 6) is -0.706. The van der Waals surface area contributed by atoms with Gasteiger partial charge in [-0.3, -0.25) is 14.6 Å². The SMILES string of the molecule is O=Cc1ccc(O)cc1OOC(=O)Cc1ccccc1. The van der Waals surface area contributed by atoms with Crippen LogP contribution in [0.3, 0.4) is 0 Å². The molecule has 5 heteroatoms. The van der Waals surface area contributed by atoms with Crippen LogP contribution in [-0.4, -0.2) is 17.4 Å². The molecule has 2 rings (SSSR count). The van der Waals surface area contributed by atoms with Crippen LogP contribution in [0.15, 0.2) is 48.5 Å². The van der Waals surface area contributed by atoms with E-state index in [1.165, 1.54) is 18.2 Å². The van der Waals surface area contributed by atoms with Gasteiger partial charge in [0, 0.05) is 6.07 Å². The molecule has 0 atom stereocenters. The summed E-state index contributed by atoms with van der Waals surface area (Å²) in [6.07, 6.45) is 0.593. The molecule has 0 heterocycles. The smallest absolute Gasteiger partial charge is 0.359 e. The van der Waals surface area contributed by atoms with E-state index in [4.69, 9.17) is 4.89 Å². The van der Waals surface area contributed by atoms with Crippen molar-refractivity contribution in [2.45, 2.75) is 6.42 Å². The maximum Gasteiger partial charge on any atom is 0.359 e. The third-order valence-corrected chi connectivity index (χ3v) is 2.54. The Bertz CT molecular complexity index is 607. The van der Waals surface area contributed by atoms with E-state index in [9.17, 15) is 14.7 Å². The van der Waals surface area contributed by atoms with Crippen molar-refractivity contribution in [3.63, 3.8) is 0 Å². The number of carbonyl (C=O) groups excluding carboxylic acids is 2. The summed E-state index contributed by atoms with van der Waals surface area (Å²) in [6.45, 7) is 0. The molecule has 0 radical (unpaired) electrons. The highest BCUT2D eigenvalue weighted by Crippen LogP contribution is 2.23. The maximum atomic E-state index is 11.6. The summed E-state index contributed by atoms with van der Waals surface area (Å²) < 4.78 is 0. The van der Waals surface area contributed by atoms with E-state index in [0.29, 0.717) is 6.29 Å². The van der Waals surface area contributed by atoms with Crippen molar-refractivity contribution in [1.29, 1.82) is 0 Å². The minimum absolute atomic E-state index is 0.0126. The fourth-order valence-corrected chi connectivity index (χ4v) is 1.58. The molecule has 0 unspecified atom stereocenters. The Morgan fingerprint density at radius 1 is 1.15 bits per heavy atom. The van der Waals surface area contributed by atoms with Crippen LogP contribution in [0.25, 0.3) is 0 Å². The number of phenols is 1. The van der Waals surface area contributed by atoms with E-state index in [1.807, 2.05) is 18.2 Å². The van der Waals surface area contributed by atoms with Gasteiger partial charge in [0.25, 0.3) is 0 Å². The van der Waals surface area contributed by atoms with E-state index in [0.717, 1.165) is 5.56 Å². The van der Waals surface area contributed by atoms with Crippen molar-refractivity contribution in [2.75, 3.05) is 0 Å². The van der Waals surface area contributed by atoms with Gasteiger partial charge in [0.1, 0.15) is 5.75 Å². The Kier molecular flexibility index (Phi) is 4.34. The second-order valence-corrected chi connectivity index (χ2v) is 4.04. The Hall–Kier alpha value is -2.82.